The van der Waals surface area contributed by atoms with Gasteiger partial charge in [0.2, 0.25) is 15.9 Å². The van der Waals surface area contributed by atoms with Crippen molar-refractivity contribution in [1.82, 2.24) is 14.5 Å². The number of carbonyl (C=O) groups is 2. The first-order chi connectivity index (χ1) is 15.2. The summed E-state index contributed by atoms with van der Waals surface area (Å²) in [5.41, 5.74) is 1.62. The first kappa shape index (κ1) is 23.7. The van der Waals surface area contributed by atoms with Gasteiger partial charge in [-0.15, -0.1) is 0 Å². The van der Waals surface area contributed by atoms with Gasteiger partial charge in [0.1, 0.15) is 6.04 Å². The Morgan fingerprint density at radius 3 is 2.06 bits per heavy atom. The number of rotatable bonds is 6. The van der Waals surface area contributed by atoms with E-state index in [1.54, 1.807) is 41.3 Å². The van der Waals surface area contributed by atoms with Gasteiger partial charge in [-0.05, 0) is 37.1 Å². The molecule has 0 spiro atoms. The topological polar surface area (TPSA) is 98.8 Å². The van der Waals surface area contributed by atoms with Crippen LogP contribution in [0.3, 0.4) is 0 Å². The molecule has 1 atom stereocenters. The number of amides is 3. The Bertz CT molecular complexity index is 1030. The van der Waals surface area contributed by atoms with Crippen LogP contribution < -0.4 is 10.6 Å². The quantitative estimate of drug-likeness (QED) is 0.695. The molecule has 2 aromatic rings. The summed E-state index contributed by atoms with van der Waals surface area (Å²) >= 11 is 0. The highest BCUT2D eigenvalue weighted by Crippen LogP contribution is 2.19. The molecule has 1 aliphatic heterocycles. The predicted molar refractivity (Wildman–Crippen MR) is 124 cm³/mol. The number of nitrogens with zero attached hydrogens (tertiary/aromatic N) is 2. The summed E-state index contributed by atoms with van der Waals surface area (Å²) in [6, 6.07) is 14.6. The Morgan fingerprint density at radius 2 is 1.50 bits per heavy atom. The van der Waals surface area contributed by atoms with Gasteiger partial charge in [-0.3, -0.25) is 4.79 Å². The Kier molecular flexibility index (Phi) is 7.52. The predicted octanol–water partition coefficient (Wildman–Crippen LogP) is 2.67. The van der Waals surface area contributed by atoms with Crippen molar-refractivity contribution < 1.29 is 18.0 Å². The lowest BCUT2D eigenvalue weighted by Crippen LogP contribution is -2.57. The molecule has 8 nitrogen and oxygen atoms in total. The van der Waals surface area contributed by atoms with Gasteiger partial charge < -0.3 is 15.5 Å². The number of anilines is 1. The second kappa shape index (κ2) is 10.1. The van der Waals surface area contributed by atoms with Gasteiger partial charge in [0.05, 0.1) is 4.90 Å². The van der Waals surface area contributed by atoms with Crippen molar-refractivity contribution in [2.24, 2.45) is 5.92 Å². The summed E-state index contributed by atoms with van der Waals surface area (Å²) in [5.74, 6) is -0.339. The van der Waals surface area contributed by atoms with Crippen molar-refractivity contribution in [3.8, 4) is 0 Å². The molecule has 32 heavy (non-hydrogen) atoms. The van der Waals surface area contributed by atoms with E-state index in [0.29, 0.717) is 5.69 Å². The summed E-state index contributed by atoms with van der Waals surface area (Å²) in [7, 11) is -3.60. The van der Waals surface area contributed by atoms with E-state index in [1.807, 2.05) is 39.0 Å². The van der Waals surface area contributed by atoms with Crippen molar-refractivity contribution >= 4 is 27.6 Å². The number of carbonyl (C=O) groups excluding carboxylic acids is 2. The Hall–Kier alpha value is -2.91. The maximum absolute atomic E-state index is 13.1. The van der Waals surface area contributed by atoms with Gasteiger partial charge in [-0.2, -0.15) is 4.31 Å². The first-order valence-electron chi connectivity index (χ1n) is 10.7. The molecule has 2 aromatic carbocycles. The van der Waals surface area contributed by atoms with E-state index in [-0.39, 0.29) is 42.9 Å². The molecule has 9 heteroatoms. The molecule has 172 valence electrons. The van der Waals surface area contributed by atoms with Crippen LogP contribution in [0.25, 0.3) is 0 Å². The first-order valence-corrected chi connectivity index (χ1v) is 12.1. The van der Waals surface area contributed by atoms with E-state index >= 15 is 0 Å². The Morgan fingerprint density at radius 1 is 0.906 bits per heavy atom. The normalized spacial score (nSPS) is 15.9. The number of aryl methyl sites for hydroxylation is 1. The number of sulfonamides is 1. The second-order valence-corrected chi connectivity index (χ2v) is 10.2. The second-order valence-electron chi connectivity index (χ2n) is 8.23. The molecule has 0 radical (unpaired) electrons. The maximum atomic E-state index is 13.1. The highest BCUT2D eigenvalue weighted by Gasteiger charge is 2.34. The summed E-state index contributed by atoms with van der Waals surface area (Å²) in [5, 5.41) is 5.49. The Labute approximate surface area is 189 Å². The number of hydrogen-bond acceptors (Lipinski definition) is 4. The van der Waals surface area contributed by atoms with E-state index in [4.69, 9.17) is 0 Å². The molecule has 0 aliphatic carbocycles. The van der Waals surface area contributed by atoms with Crippen LogP contribution in [0.2, 0.25) is 0 Å². The van der Waals surface area contributed by atoms with E-state index in [9.17, 15) is 18.0 Å². The lowest BCUT2D eigenvalue weighted by molar-refractivity contribution is -0.135. The van der Waals surface area contributed by atoms with Gasteiger partial charge in [0, 0.05) is 31.9 Å². The van der Waals surface area contributed by atoms with Crippen LogP contribution in [-0.2, 0) is 14.8 Å². The Balaban J connectivity index is 1.60. The molecule has 0 bridgehead atoms. The standard InChI is InChI=1S/C23H30N4O4S/c1-17(2)21(25-23(29)24-19-7-5-4-6-8-19)22(28)26-13-15-27(16-14-26)32(30,31)20-11-9-18(3)10-12-20/h4-12,17,21H,13-16H2,1-3H3,(H2,24,25,29). The van der Waals surface area contributed by atoms with Crippen LogP contribution in [-0.4, -0.2) is 61.8 Å². The molecule has 1 heterocycles. The summed E-state index contributed by atoms with van der Waals surface area (Å²) in [6.07, 6.45) is 0. The van der Waals surface area contributed by atoms with Gasteiger partial charge in [0.15, 0.2) is 0 Å². The number of piperazine rings is 1. The number of urea groups is 1. The average Bonchev–Trinajstić information content (AvgIpc) is 2.78. The van der Waals surface area contributed by atoms with Crippen molar-refractivity contribution in [3.05, 3.63) is 60.2 Å². The molecule has 3 rings (SSSR count). The SMILES string of the molecule is Cc1ccc(S(=O)(=O)N2CCN(C(=O)C(NC(=O)Nc3ccccc3)C(C)C)CC2)cc1. The number of hydrogen-bond donors (Lipinski definition) is 2. The van der Waals surface area contributed by atoms with Gasteiger partial charge in [-0.25, -0.2) is 13.2 Å². The molecule has 1 unspecified atom stereocenters. The van der Waals surface area contributed by atoms with E-state index in [2.05, 4.69) is 10.6 Å². The lowest BCUT2D eigenvalue weighted by atomic mass is 10.0. The molecule has 3 amide bonds. The lowest BCUT2D eigenvalue weighted by Gasteiger charge is -2.36. The molecule has 0 saturated carbocycles. The average molecular weight is 459 g/mol. The molecular formula is C23H30N4O4S. The summed E-state index contributed by atoms with van der Waals surface area (Å²) in [4.78, 5) is 27.4. The summed E-state index contributed by atoms with van der Waals surface area (Å²) < 4.78 is 27.2. The zero-order valence-electron chi connectivity index (χ0n) is 18.6. The van der Waals surface area contributed by atoms with Gasteiger partial charge in [0.25, 0.3) is 0 Å². The van der Waals surface area contributed by atoms with Crippen LogP contribution in [0.15, 0.2) is 59.5 Å². The van der Waals surface area contributed by atoms with Crippen molar-refractivity contribution in [2.75, 3.05) is 31.5 Å². The summed E-state index contributed by atoms with van der Waals surface area (Å²) in [6.45, 7) is 6.60. The minimum Gasteiger partial charge on any atom is -0.338 e. The van der Waals surface area contributed by atoms with Crippen molar-refractivity contribution in [3.63, 3.8) is 0 Å². The third-order valence-corrected chi connectivity index (χ3v) is 7.37. The van der Waals surface area contributed by atoms with E-state index < -0.39 is 22.1 Å². The monoisotopic (exact) mass is 458 g/mol. The molecule has 1 saturated heterocycles. The third-order valence-electron chi connectivity index (χ3n) is 5.46. The van der Waals surface area contributed by atoms with Crippen LogP contribution >= 0.6 is 0 Å². The number of nitrogens with one attached hydrogen (secondary N) is 2. The molecule has 0 aromatic heterocycles. The minimum absolute atomic E-state index is 0.127. The zero-order chi connectivity index (χ0) is 23.3. The van der Waals surface area contributed by atoms with E-state index in [1.165, 1.54) is 4.31 Å². The van der Waals surface area contributed by atoms with Gasteiger partial charge in [-0.1, -0.05) is 49.7 Å². The minimum atomic E-state index is -3.60. The zero-order valence-corrected chi connectivity index (χ0v) is 19.4. The van der Waals surface area contributed by atoms with E-state index in [0.717, 1.165) is 5.56 Å². The maximum Gasteiger partial charge on any atom is 0.319 e. The van der Waals surface area contributed by atoms with Crippen LogP contribution in [0.4, 0.5) is 10.5 Å². The molecule has 2 N–H and O–H groups in total. The fourth-order valence-corrected chi connectivity index (χ4v) is 4.97. The van der Waals surface area contributed by atoms with Crippen LogP contribution in [0.1, 0.15) is 19.4 Å². The molecule has 1 aliphatic rings. The number of para-hydroxylation sites is 1. The van der Waals surface area contributed by atoms with Crippen LogP contribution in [0, 0.1) is 12.8 Å². The highest BCUT2D eigenvalue weighted by molar-refractivity contribution is 7.89. The van der Waals surface area contributed by atoms with Gasteiger partial charge >= 0.3 is 6.03 Å². The van der Waals surface area contributed by atoms with Crippen molar-refractivity contribution in [2.45, 2.75) is 31.7 Å². The highest BCUT2D eigenvalue weighted by atomic mass is 32.2. The van der Waals surface area contributed by atoms with Crippen molar-refractivity contribution in [1.29, 1.82) is 0 Å². The molecular weight excluding hydrogens is 428 g/mol. The fraction of sp³-hybridized carbons (Fsp3) is 0.391. The number of benzene rings is 2. The molecule has 1 fully saturated rings. The smallest absolute Gasteiger partial charge is 0.319 e. The third kappa shape index (κ3) is 5.66. The largest absolute Gasteiger partial charge is 0.338 e. The fourth-order valence-electron chi connectivity index (χ4n) is 3.55. The van der Waals surface area contributed by atoms with Crippen LogP contribution in [0.5, 0.6) is 0 Å².